The largest absolute Gasteiger partial charge is 0.416 e. The van der Waals surface area contributed by atoms with Crippen molar-refractivity contribution in [2.24, 2.45) is 0 Å². The van der Waals surface area contributed by atoms with E-state index < -0.39 is 17.6 Å². The molecule has 17 heavy (non-hydrogen) atoms. The van der Waals surface area contributed by atoms with E-state index in [1.165, 1.54) is 6.07 Å². The second-order valence-electron chi connectivity index (χ2n) is 3.31. The van der Waals surface area contributed by atoms with Crippen LogP contribution in [-0.4, -0.2) is 5.16 Å². The van der Waals surface area contributed by atoms with Crippen LogP contribution in [-0.2, 0) is 6.18 Å². The van der Waals surface area contributed by atoms with Crippen molar-refractivity contribution in [3.05, 3.63) is 35.6 Å². The standard InChI is InChI=1S/C10H6F4N2O/c11-7-3-5(10(12,13)14)1-2-6(7)8-4-9(15)16-17-8/h1-4H,(H2,15,16). The van der Waals surface area contributed by atoms with Crippen LogP contribution in [0.1, 0.15) is 5.56 Å². The quantitative estimate of drug-likeness (QED) is 0.786. The number of anilines is 1. The number of halogens is 4. The predicted octanol–water partition coefficient (Wildman–Crippen LogP) is 3.08. The molecule has 90 valence electrons. The van der Waals surface area contributed by atoms with Crippen molar-refractivity contribution in [1.29, 1.82) is 0 Å². The summed E-state index contributed by atoms with van der Waals surface area (Å²) in [5, 5.41) is 3.32. The third-order valence-corrected chi connectivity index (χ3v) is 2.09. The van der Waals surface area contributed by atoms with E-state index in [1.54, 1.807) is 0 Å². The highest BCUT2D eigenvalue weighted by Gasteiger charge is 2.31. The molecule has 0 saturated carbocycles. The smallest absolute Gasteiger partial charge is 0.381 e. The number of nitrogen functional groups attached to an aromatic ring is 1. The van der Waals surface area contributed by atoms with Crippen LogP contribution in [0.4, 0.5) is 23.4 Å². The van der Waals surface area contributed by atoms with Crippen molar-refractivity contribution in [3.8, 4) is 11.3 Å². The van der Waals surface area contributed by atoms with E-state index in [0.29, 0.717) is 6.07 Å². The normalized spacial score (nSPS) is 11.8. The highest BCUT2D eigenvalue weighted by molar-refractivity contribution is 5.61. The van der Waals surface area contributed by atoms with E-state index in [1.807, 2.05) is 0 Å². The molecule has 0 spiro atoms. The van der Waals surface area contributed by atoms with Gasteiger partial charge in [0, 0.05) is 6.07 Å². The number of hydrogen-bond donors (Lipinski definition) is 1. The van der Waals surface area contributed by atoms with E-state index in [9.17, 15) is 17.6 Å². The van der Waals surface area contributed by atoms with Gasteiger partial charge in [-0.05, 0) is 18.2 Å². The minimum Gasteiger partial charge on any atom is -0.381 e. The third kappa shape index (κ3) is 2.22. The lowest BCUT2D eigenvalue weighted by molar-refractivity contribution is -0.137. The van der Waals surface area contributed by atoms with Gasteiger partial charge in [-0.25, -0.2) is 4.39 Å². The zero-order chi connectivity index (χ0) is 12.6. The highest BCUT2D eigenvalue weighted by atomic mass is 19.4. The van der Waals surface area contributed by atoms with Gasteiger partial charge in [0.15, 0.2) is 11.6 Å². The molecule has 0 aliphatic carbocycles. The summed E-state index contributed by atoms with van der Waals surface area (Å²) in [6.07, 6.45) is -4.58. The van der Waals surface area contributed by atoms with E-state index in [4.69, 9.17) is 5.73 Å². The fourth-order valence-corrected chi connectivity index (χ4v) is 1.31. The van der Waals surface area contributed by atoms with Crippen molar-refractivity contribution in [2.45, 2.75) is 6.18 Å². The second-order valence-corrected chi connectivity index (χ2v) is 3.31. The van der Waals surface area contributed by atoms with Gasteiger partial charge in [-0.3, -0.25) is 0 Å². The van der Waals surface area contributed by atoms with Crippen LogP contribution in [0.25, 0.3) is 11.3 Å². The Morgan fingerprint density at radius 2 is 1.88 bits per heavy atom. The number of rotatable bonds is 1. The first-order chi connectivity index (χ1) is 7.88. The number of benzene rings is 1. The van der Waals surface area contributed by atoms with Crippen LogP contribution in [0.2, 0.25) is 0 Å². The Morgan fingerprint density at radius 3 is 2.35 bits per heavy atom. The molecule has 2 aromatic rings. The molecule has 1 aromatic carbocycles. The van der Waals surface area contributed by atoms with E-state index in [2.05, 4.69) is 9.68 Å². The summed E-state index contributed by atoms with van der Waals surface area (Å²) in [4.78, 5) is 0. The molecular weight excluding hydrogens is 240 g/mol. The molecule has 0 unspecified atom stereocenters. The summed E-state index contributed by atoms with van der Waals surface area (Å²) in [7, 11) is 0. The molecule has 0 aliphatic rings. The molecule has 0 amide bonds. The van der Waals surface area contributed by atoms with Gasteiger partial charge >= 0.3 is 6.18 Å². The molecule has 0 bridgehead atoms. The average Bonchev–Trinajstić information content (AvgIpc) is 2.63. The number of nitrogens with two attached hydrogens (primary N) is 1. The Hall–Kier alpha value is -2.05. The van der Waals surface area contributed by atoms with Gasteiger partial charge < -0.3 is 10.3 Å². The summed E-state index contributed by atoms with van der Waals surface area (Å²) in [5.74, 6) is -1.04. The monoisotopic (exact) mass is 246 g/mol. The topological polar surface area (TPSA) is 52.0 Å². The van der Waals surface area contributed by atoms with Gasteiger partial charge in [0.25, 0.3) is 0 Å². The predicted molar refractivity (Wildman–Crippen MR) is 51.3 cm³/mol. The van der Waals surface area contributed by atoms with Crippen molar-refractivity contribution in [2.75, 3.05) is 5.73 Å². The first kappa shape index (κ1) is 11.4. The van der Waals surface area contributed by atoms with Crippen LogP contribution in [0, 0.1) is 5.82 Å². The van der Waals surface area contributed by atoms with Gasteiger partial charge in [-0.2, -0.15) is 13.2 Å². The molecule has 7 heteroatoms. The maximum absolute atomic E-state index is 13.4. The van der Waals surface area contributed by atoms with Gasteiger partial charge in [-0.1, -0.05) is 5.16 Å². The Bertz CT molecular complexity index is 547. The van der Waals surface area contributed by atoms with Crippen LogP contribution < -0.4 is 5.73 Å². The fraction of sp³-hybridized carbons (Fsp3) is 0.100. The molecule has 0 radical (unpaired) electrons. The minimum absolute atomic E-state index is 0.0197. The minimum atomic E-state index is -4.58. The lowest BCUT2D eigenvalue weighted by Gasteiger charge is -2.07. The van der Waals surface area contributed by atoms with E-state index >= 15 is 0 Å². The average molecular weight is 246 g/mol. The summed E-state index contributed by atoms with van der Waals surface area (Å²) >= 11 is 0. The lowest BCUT2D eigenvalue weighted by Crippen LogP contribution is -2.05. The van der Waals surface area contributed by atoms with E-state index in [0.717, 1.165) is 12.1 Å². The Labute approximate surface area is 92.8 Å². The molecule has 3 nitrogen and oxygen atoms in total. The summed E-state index contributed by atoms with van der Waals surface area (Å²) in [6.45, 7) is 0. The number of nitrogens with zero attached hydrogens (tertiary/aromatic N) is 1. The maximum atomic E-state index is 13.4. The molecule has 0 saturated heterocycles. The zero-order valence-electron chi connectivity index (χ0n) is 8.25. The number of alkyl halides is 3. The van der Waals surface area contributed by atoms with Gasteiger partial charge in [0.2, 0.25) is 0 Å². The van der Waals surface area contributed by atoms with Gasteiger partial charge in [0.05, 0.1) is 11.1 Å². The van der Waals surface area contributed by atoms with Crippen LogP contribution >= 0.6 is 0 Å². The first-order valence-electron chi connectivity index (χ1n) is 4.47. The van der Waals surface area contributed by atoms with Crippen LogP contribution in [0.5, 0.6) is 0 Å². The zero-order valence-corrected chi connectivity index (χ0v) is 8.25. The highest BCUT2D eigenvalue weighted by Crippen LogP contribution is 2.33. The SMILES string of the molecule is Nc1cc(-c2ccc(C(F)(F)F)cc2F)on1. The molecule has 0 aliphatic heterocycles. The fourth-order valence-electron chi connectivity index (χ4n) is 1.31. The second kappa shape index (κ2) is 3.76. The number of hydrogen-bond acceptors (Lipinski definition) is 3. The molecule has 1 heterocycles. The first-order valence-corrected chi connectivity index (χ1v) is 4.47. The molecular formula is C10H6F4N2O. The van der Waals surface area contributed by atoms with Crippen molar-refractivity contribution in [1.82, 2.24) is 5.16 Å². The van der Waals surface area contributed by atoms with E-state index in [-0.39, 0.29) is 17.1 Å². The molecule has 0 fully saturated rings. The summed E-state index contributed by atoms with van der Waals surface area (Å²) in [5.41, 5.74) is 4.07. The van der Waals surface area contributed by atoms with Gasteiger partial charge in [0.1, 0.15) is 5.82 Å². The summed E-state index contributed by atoms with van der Waals surface area (Å²) in [6, 6.07) is 3.36. The van der Waals surface area contributed by atoms with Gasteiger partial charge in [-0.15, -0.1) is 0 Å². The molecule has 1 aromatic heterocycles. The Kier molecular flexibility index (Phi) is 2.53. The Morgan fingerprint density at radius 1 is 1.18 bits per heavy atom. The molecule has 2 rings (SSSR count). The number of aromatic nitrogens is 1. The van der Waals surface area contributed by atoms with Crippen molar-refractivity contribution >= 4 is 5.82 Å². The van der Waals surface area contributed by atoms with Crippen LogP contribution in [0.3, 0.4) is 0 Å². The summed E-state index contributed by atoms with van der Waals surface area (Å²) < 4.78 is 55.0. The Balaban J connectivity index is 2.45. The third-order valence-electron chi connectivity index (χ3n) is 2.09. The van der Waals surface area contributed by atoms with Crippen LogP contribution in [0.15, 0.2) is 28.8 Å². The lowest BCUT2D eigenvalue weighted by atomic mass is 10.1. The van der Waals surface area contributed by atoms with Crippen molar-refractivity contribution in [3.63, 3.8) is 0 Å². The molecule has 0 atom stereocenters. The molecule has 2 N–H and O–H groups in total. The van der Waals surface area contributed by atoms with Crippen molar-refractivity contribution < 1.29 is 22.1 Å². The maximum Gasteiger partial charge on any atom is 0.416 e.